The molecule has 0 aliphatic carbocycles. The number of fused-ring (bicyclic) bond motifs is 5. The average molecular weight is 418 g/mol. The van der Waals surface area contributed by atoms with E-state index in [1.54, 1.807) is 0 Å². The standard InChI is InChI=1S/C28H23N3O/c1-3-7-20(8-4-1)11-13-23-15-25-22(16-29-23)12-14-24-26-19-32-31(18-27(26)30-28(24)25)17-21-9-5-2-6-10-21/h1-16,29H,17-19H2/b13-11+. The SMILES string of the molecule is C(=C\c1cc2c(ccc3c4c(nc32)CN(Cc2ccccc2)OC4)c[nH]1)/c1ccccc1. The van der Waals surface area contributed by atoms with Crippen molar-refractivity contribution in [1.29, 1.82) is 0 Å². The first-order valence-electron chi connectivity index (χ1n) is 10.9. The maximum Gasteiger partial charge on any atom is 0.0960 e. The van der Waals surface area contributed by atoms with Crippen LogP contribution in [0.5, 0.6) is 0 Å². The first-order valence-corrected chi connectivity index (χ1v) is 10.9. The monoisotopic (exact) mass is 417 g/mol. The third kappa shape index (κ3) is 3.60. The molecular formula is C28H23N3O. The summed E-state index contributed by atoms with van der Waals surface area (Å²) in [6, 6.07) is 27.3. The van der Waals surface area contributed by atoms with E-state index in [1.807, 2.05) is 17.2 Å². The Morgan fingerprint density at radius 3 is 2.56 bits per heavy atom. The lowest BCUT2D eigenvalue weighted by atomic mass is 10.0. The van der Waals surface area contributed by atoms with Gasteiger partial charge in [0.25, 0.3) is 0 Å². The van der Waals surface area contributed by atoms with E-state index in [0.717, 1.165) is 34.2 Å². The van der Waals surface area contributed by atoms with Crippen LogP contribution in [0.3, 0.4) is 0 Å². The van der Waals surface area contributed by atoms with Crippen LogP contribution in [0.25, 0.3) is 33.8 Å². The zero-order chi connectivity index (χ0) is 21.3. The van der Waals surface area contributed by atoms with Crippen molar-refractivity contribution in [1.82, 2.24) is 15.0 Å². The summed E-state index contributed by atoms with van der Waals surface area (Å²) in [6.45, 7) is 2.01. The van der Waals surface area contributed by atoms with Crippen molar-refractivity contribution in [3.8, 4) is 0 Å². The molecule has 2 aromatic heterocycles. The van der Waals surface area contributed by atoms with Crippen LogP contribution in [-0.2, 0) is 24.5 Å². The number of pyridine rings is 1. The Morgan fingerprint density at radius 1 is 0.906 bits per heavy atom. The van der Waals surface area contributed by atoms with Crippen LogP contribution in [0.1, 0.15) is 28.1 Å². The summed E-state index contributed by atoms with van der Waals surface area (Å²) >= 11 is 0. The van der Waals surface area contributed by atoms with Crippen molar-refractivity contribution in [2.75, 3.05) is 0 Å². The quantitative estimate of drug-likeness (QED) is 0.371. The van der Waals surface area contributed by atoms with Crippen molar-refractivity contribution in [3.05, 3.63) is 113 Å². The van der Waals surface area contributed by atoms with Crippen LogP contribution in [0, 0.1) is 0 Å². The fraction of sp³-hybridized carbons (Fsp3) is 0.107. The topological polar surface area (TPSA) is 41.2 Å². The first kappa shape index (κ1) is 19.0. The third-order valence-electron chi connectivity index (χ3n) is 6.04. The molecule has 0 saturated carbocycles. The number of rotatable bonds is 4. The zero-order valence-corrected chi connectivity index (χ0v) is 17.7. The molecule has 4 nitrogen and oxygen atoms in total. The maximum atomic E-state index is 6.07. The van der Waals surface area contributed by atoms with E-state index in [1.165, 1.54) is 22.1 Å². The molecular weight excluding hydrogens is 394 g/mol. The van der Waals surface area contributed by atoms with Crippen LogP contribution >= 0.6 is 0 Å². The van der Waals surface area contributed by atoms with E-state index in [0.29, 0.717) is 13.2 Å². The maximum absolute atomic E-state index is 6.07. The number of hydroxylamine groups is 2. The lowest BCUT2D eigenvalue weighted by molar-refractivity contribution is -0.194. The second-order valence-corrected chi connectivity index (χ2v) is 8.19. The number of hydrogen-bond donors (Lipinski definition) is 1. The number of benzene rings is 3. The summed E-state index contributed by atoms with van der Waals surface area (Å²) in [4.78, 5) is 14.5. The minimum Gasteiger partial charge on any atom is -0.361 e. The molecule has 5 aromatic rings. The second kappa shape index (κ2) is 8.08. The Hall–Kier alpha value is -3.73. The van der Waals surface area contributed by atoms with Gasteiger partial charge in [0.1, 0.15) is 0 Å². The molecule has 32 heavy (non-hydrogen) atoms. The number of nitrogens with one attached hydrogen (secondary N) is 1. The first-order chi connectivity index (χ1) is 15.8. The summed E-state index contributed by atoms with van der Waals surface area (Å²) in [6.07, 6.45) is 6.29. The van der Waals surface area contributed by atoms with Gasteiger partial charge in [-0.1, -0.05) is 78.9 Å². The van der Waals surface area contributed by atoms with Crippen molar-refractivity contribution in [3.63, 3.8) is 0 Å². The Bertz CT molecular complexity index is 1420. The third-order valence-corrected chi connectivity index (χ3v) is 6.04. The molecule has 6 rings (SSSR count). The summed E-state index contributed by atoms with van der Waals surface area (Å²) in [7, 11) is 0. The molecule has 1 aliphatic heterocycles. The molecule has 4 heteroatoms. The van der Waals surface area contributed by atoms with Gasteiger partial charge in [-0.3, -0.25) is 9.82 Å². The van der Waals surface area contributed by atoms with Gasteiger partial charge < -0.3 is 4.98 Å². The predicted octanol–water partition coefficient (Wildman–Crippen LogP) is 6.33. The van der Waals surface area contributed by atoms with Crippen LogP contribution in [0.15, 0.2) is 85.1 Å². The van der Waals surface area contributed by atoms with Crippen molar-refractivity contribution in [2.24, 2.45) is 0 Å². The molecule has 0 unspecified atom stereocenters. The molecule has 1 aliphatic rings. The number of aromatic nitrogens is 2. The van der Waals surface area contributed by atoms with E-state index in [2.05, 4.69) is 90.1 Å². The molecule has 3 heterocycles. The summed E-state index contributed by atoms with van der Waals surface area (Å²) < 4.78 is 0. The number of hydrogen-bond acceptors (Lipinski definition) is 3. The number of aromatic amines is 1. The number of H-pyrrole nitrogens is 1. The van der Waals surface area contributed by atoms with Gasteiger partial charge in [0, 0.05) is 34.8 Å². The molecule has 0 spiro atoms. The van der Waals surface area contributed by atoms with Crippen LogP contribution in [0.4, 0.5) is 0 Å². The van der Waals surface area contributed by atoms with Crippen molar-refractivity contribution >= 4 is 33.8 Å². The summed E-state index contributed by atoms with van der Waals surface area (Å²) in [5.74, 6) is 0. The molecule has 0 fully saturated rings. The van der Waals surface area contributed by atoms with Crippen molar-refractivity contribution < 1.29 is 4.84 Å². The fourth-order valence-corrected chi connectivity index (χ4v) is 4.38. The highest BCUT2D eigenvalue weighted by atomic mass is 16.7. The van der Waals surface area contributed by atoms with E-state index in [9.17, 15) is 0 Å². The average Bonchev–Trinajstić information content (AvgIpc) is 3.22. The molecule has 0 atom stereocenters. The minimum absolute atomic E-state index is 0.559. The minimum atomic E-state index is 0.559. The molecule has 3 aromatic carbocycles. The van der Waals surface area contributed by atoms with E-state index in [4.69, 9.17) is 9.82 Å². The van der Waals surface area contributed by atoms with Gasteiger partial charge in [0.2, 0.25) is 0 Å². The van der Waals surface area contributed by atoms with E-state index in [-0.39, 0.29) is 0 Å². The summed E-state index contributed by atoms with van der Waals surface area (Å²) in [5, 5.41) is 5.52. The van der Waals surface area contributed by atoms with Gasteiger partial charge in [0.15, 0.2) is 0 Å². The van der Waals surface area contributed by atoms with Crippen LogP contribution in [-0.4, -0.2) is 15.0 Å². The molecule has 1 N–H and O–H groups in total. The van der Waals surface area contributed by atoms with Gasteiger partial charge in [-0.15, -0.1) is 0 Å². The molecule has 0 radical (unpaired) electrons. The smallest absolute Gasteiger partial charge is 0.0960 e. The number of nitrogens with zero attached hydrogens (tertiary/aromatic N) is 2. The molecule has 0 saturated heterocycles. The van der Waals surface area contributed by atoms with Gasteiger partial charge >= 0.3 is 0 Å². The molecule has 0 bridgehead atoms. The lowest BCUT2D eigenvalue weighted by Gasteiger charge is -2.26. The van der Waals surface area contributed by atoms with Gasteiger partial charge in [-0.05, 0) is 28.7 Å². The Morgan fingerprint density at radius 2 is 1.72 bits per heavy atom. The van der Waals surface area contributed by atoms with Gasteiger partial charge in [-0.25, -0.2) is 0 Å². The van der Waals surface area contributed by atoms with Gasteiger partial charge in [0.05, 0.1) is 24.4 Å². The van der Waals surface area contributed by atoms with Crippen LogP contribution < -0.4 is 0 Å². The highest BCUT2D eigenvalue weighted by molar-refractivity contribution is 6.07. The normalized spacial score (nSPS) is 14.4. The van der Waals surface area contributed by atoms with Gasteiger partial charge in [-0.2, -0.15) is 5.06 Å². The van der Waals surface area contributed by atoms with E-state index >= 15 is 0 Å². The lowest BCUT2D eigenvalue weighted by Crippen LogP contribution is -2.27. The highest BCUT2D eigenvalue weighted by Gasteiger charge is 2.23. The second-order valence-electron chi connectivity index (χ2n) is 8.19. The largest absolute Gasteiger partial charge is 0.361 e. The molecule has 156 valence electrons. The Balaban J connectivity index is 1.34. The molecule has 0 amide bonds. The zero-order valence-electron chi connectivity index (χ0n) is 17.7. The van der Waals surface area contributed by atoms with Crippen molar-refractivity contribution in [2.45, 2.75) is 19.7 Å². The fourth-order valence-electron chi connectivity index (χ4n) is 4.38. The van der Waals surface area contributed by atoms with E-state index < -0.39 is 0 Å². The highest BCUT2D eigenvalue weighted by Crippen LogP contribution is 2.33. The Labute approximate surface area is 186 Å². The Kier molecular flexibility index (Phi) is 4.79. The summed E-state index contributed by atoms with van der Waals surface area (Å²) in [5.41, 5.74) is 6.85. The van der Waals surface area contributed by atoms with Crippen LogP contribution in [0.2, 0.25) is 0 Å². The predicted molar refractivity (Wildman–Crippen MR) is 129 cm³/mol.